The first-order chi connectivity index (χ1) is 13.9. The molecule has 1 fully saturated rings. The van der Waals surface area contributed by atoms with Crippen molar-refractivity contribution >= 4 is 17.5 Å². The normalized spacial score (nSPS) is 16.8. The number of aromatic nitrogens is 2. The molecule has 2 aliphatic rings. The summed E-state index contributed by atoms with van der Waals surface area (Å²) >= 11 is 0. The fraction of sp³-hybridized carbons (Fsp3) is 0.500. The van der Waals surface area contributed by atoms with Gasteiger partial charge in [0.2, 0.25) is 5.91 Å². The molecular formula is C22H30N4O3. The van der Waals surface area contributed by atoms with E-state index in [0.717, 1.165) is 11.1 Å². The molecule has 1 amide bonds. The topological polar surface area (TPSA) is 96.4 Å². The van der Waals surface area contributed by atoms with Crippen LogP contribution in [-0.2, 0) is 15.1 Å². The molecule has 7 nitrogen and oxygen atoms in total. The van der Waals surface area contributed by atoms with E-state index in [2.05, 4.69) is 20.6 Å². The van der Waals surface area contributed by atoms with E-state index in [-0.39, 0.29) is 12.5 Å². The Morgan fingerprint density at radius 3 is 2.38 bits per heavy atom. The second-order valence-corrected chi connectivity index (χ2v) is 7.99. The lowest BCUT2D eigenvalue weighted by Gasteiger charge is -2.19. The maximum absolute atomic E-state index is 11.2. The van der Waals surface area contributed by atoms with E-state index in [4.69, 9.17) is 4.74 Å². The van der Waals surface area contributed by atoms with Gasteiger partial charge in [-0.3, -0.25) is 4.79 Å². The Bertz CT molecular complexity index is 825. The Balaban J connectivity index is 0.000000252. The van der Waals surface area contributed by atoms with Gasteiger partial charge < -0.3 is 20.5 Å². The van der Waals surface area contributed by atoms with Gasteiger partial charge in [-0.1, -0.05) is 43.5 Å². The lowest BCUT2D eigenvalue weighted by atomic mass is 9.97. The van der Waals surface area contributed by atoms with Crippen molar-refractivity contribution < 1.29 is 14.6 Å². The second-order valence-electron chi connectivity index (χ2n) is 7.99. The van der Waals surface area contributed by atoms with Gasteiger partial charge >= 0.3 is 0 Å². The highest BCUT2D eigenvalue weighted by atomic mass is 16.5. The fourth-order valence-electron chi connectivity index (χ4n) is 3.43. The number of benzene rings is 1. The molecule has 29 heavy (non-hydrogen) atoms. The van der Waals surface area contributed by atoms with Crippen molar-refractivity contribution in [1.82, 2.24) is 9.97 Å². The lowest BCUT2D eigenvalue weighted by molar-refractivity contribution is -0.114. The molecule has 3 N–H and O–H groups in total. The van der Waals surface area contributed by atoms with Gasteiger partial charge in [0, 0.05) is 12.7 Å². The Hall–Kier alpha value is -2.51. The number of fused-ring (bicyclic) bond motifs is 1. The number of nitrogens with zero attached hydrogens (tertiary/aromatic N) is 2. The molecule has 0 unspecified atom stereocenters. The molecule has 0 radical (unpaired) electrons. The minimum atomic E-state index is -0.869. The minimum absolute atomic E-state index is 0.126. The molecule has 0 saturated heterocycles. The Labute approximate surface area is 171 Å². The number of ether oxygens (including phenoxy) is 1. The number of aliphatic hydroxyl groups is 1. The third-order valence-corrected chi connectivity index (χ3v) is 5.22. The van der Waals surface area contributed by atoms with Gasteiger partial charge in [-0.05, 0) is 32.3 Å². The van der Waals surface area contributed by atoms with Crippen LogP contribution in [0.5, 0.6) is 0 Å². The molecule has 1 aliphatic carbocycles. The van der Waals surface area contributed by atoms with E-state index in [1.54, 1.807) is 20.0 Å². The van der Waals surface area contributed by atoms with E-state index in [9.17, 15) is 9.90 Å². The largest absolute Gasteiger partial charge is 0.386 e. The molecule has 4 rings (SSSR count). The molecule has 0 atom stereocenters. The van der Waals surface area contributed by atoms with Gasteiger partial charge in [-0.25, -0.2) is 9.97 Å². The van der Waals surface area contributed by atoms with Crippen LogP contribution in [0.4, 0.5) is 11.6 Å². The highest BCUT2D eigenvalue weighted by molar-refractivity contribution is 5.98. The lowest BCUT2D eigenvalue weighted by Crippen LogP contribution is -2.28. The smallest absolute Gasteiger partial charge is 0.244 e. The van der Waals surface area contributed by atoms with Crippen molar-refractivity contribution in [2.24, 2.45) is 0 Å². The van der Waals surface area contributed by atoms with Gasteiger partial charge in [-0.2, -0.15) is 0 Å². The summed E-state index contributed by atoms with van der Waals surface area (Å²) in [7, 11) is 1.82. The number of carbonyl (C=O) groups is 1. The van der Waals surface area contributed by atoms with E-state index >= 15 is 0 Å². The van der Waals surface area contributed by atoms with Crippen molar-refractivity contribution in [2.75, 3.05) is 24.3 Å². The highest BCUT2D eigenvalue weighted by Gasteiger charge is 2.18. The zero-order valence-electron chi connectivity index (χ0n) is 17.4. The number of methoxy groups -OCH3 is 1. The van der Waals surface area contributed by atoms with Crippen molar-refractivity contribution in [2.45, 2.75) is 57.7 Å². The van der Waals surface area contributed by atoms with Crippen LogP contribution in [0.1, 0.15) is 51.5 Å². The standard InChI is InChI=1S/C15H16N4O2.C7H14O/c1-15(2,21)10-5-3-9(4-6-10)11-7-16-14-13(18-11)17-8-12(20)19-14;1-8-7-5-3-2-4-6-7/h3-7,21H,8H2,1-2H3,(H,17,18)(H,16,19,20);7H,2-6H2,1H3. The summed E-state index contributed by atoms with van der Waals surface area (Å²) in [6.45, 7) is 3.68. The average molecular weight is 399 g/mol. The molecule has 1 aromatic heterocycles. The third kappa shape index (κ3) is 5.74. The summed E-state index contributed by atoms with van der Waals surface area (Å²) < 4.78 is 5.19. The summed E-state index contributed by atoms with van der Waals surface area (Å²) in [6, 6.07) is 7.52. The molecule has 2 heterocycles. The number of hydrogen-bond acceptors (Lipinski definition) is 6. The first-order valence-corrected chi connectivity index (χ1v) is 10.1. The first-order valence-electron chi connectivity index (χ1n) is 10.1. The molecule has 1 aliphatic heterocycles. The molecular weight excluding hydrogens is 368 g/mol. The fourth-order valence-corrected chi connectivity index (χ4v) is 3.43. The van der Waals surface area contributed by atoms with Crippen LogP contribution in [-0.4, -0.2) is 40.7 Å². The maximum atomic E-state index is 11.2. The SMILES string of the molecule is CC(C)(O)c1ccc(-c2cnc3c(n2)NCC(=O)N3)cc1.COC1CCCCC1. The number of carbonyl (C=O) groups excluding carboxylic acids is 1. The Morgan fingerprint density at radius 1 is 1.10 bits per heavy atom. The molecule has 0 bridgehead atoms. The van der Waals surface area contributed by atoms with Crippen LogP contribution in [0.3, 0.4) is 0 Å². The van der Waals surface area contributed by atoms with Crippen molar-refractivity contribution in [3.8, 4) is 11.3 Å². The zero-order chi connectivity index (χ0) is 20.9. The minimum Gasteiger partial charge on any atom is -0.386 e. The summed E-state index contributed by atoms with van der Waals surface area (Å²) in [5.41, 5.74) is 1.57. The third-order valence-electron chi connectivity index (χ3n) is 5.22. The summed E-state index contributed by atoms with van der Waals surface area (Å²) in [6.07, 6.45) is 8.94. The summed E-state index contributed by atoms with van der Waals surface area (Å²) in [5.74, 6) is 0.890. The van der Waals surface area contributed by atoms with Crippen LogP contribution in [0.15, 0.2) is 30.5 Å². The van der Waals surface area contributed by atoms with Crippen molar-refractivity contribution in [3.05, 3.63) is 36.0 Å². The van der Waals surface area contributed by atoms with Crippen LogP contribution >= 0.6 is 0 Å². The molecule has 7 heteroatoms. The monoisotopic (exact) mass is 398 g/mol. The molecule has 2 aromatic rings. The Kier molecular flexibility index (Phi) is 6.82. The van der Waals surface area contributed by atoms with Gasteiger partial charge in [0.15, 0.2) is 11.6 Å². The van der Waals surface area contributed by atoms with E-state index in [1.165, 1.54) is 32.1 Å². The Morgan fingerprint density at radius 2 is 1.79 bits per heavy atom. The highest BCUT2D eigenvalue weighted by Crippen LogP contribution is 2.27. The number of rotatable bonds is 3. The van der Waals surface area contributed by atoms with Gasteiger partial charge in [0.1, 0.15) is 0 Å². The predicted octanol–water partition coefficient (Wildman–Crippen LogP) is 3.70. The number of nitrogens with one attached hydrogen (secondary N) is 2. The number of amides is 1. The van der Waals surface area contributed by atoms with Crippen molar-refractivity contribution in [3.63, 3.8) is 0 Å². The summed E-state index contributed by atoms with van der Waals surface area (Å²) in [5, 5.41) is 15.5. The maximum Gasteiger partial charge on any atom is 0.244 e. The first kappa shape index (κ1) is 21.2. The van der Waals surface area contributed by atoms with E-state index in [0.29, 0.717) is 23.4 Å². The number of anilines is 2. The van der Waals surface area contributed by atoms with Gasteiger partial charge in [-0.15, -0.1) is 0 Å². The molecule has 1 saturated carbocycles. The van der Waals surface area contributed by atoms with Gasteiger partial charge in [0.05, 0.1) is 30.1 Å². The van der Waals surface area contributed by atoms with Crippen LogP contribution < -0.4 is 10.6 Å². The molecule has 0 spiro atoms. The quantitative estimate of drug-likeness (QED) is 0.729. The second kappa shape index (κ2) is 9.33. The average Bonchev–Trinajstić information content (AvgIpc) is 2.74. The van der Waals surface area contributed by atoms with E-state index in [1.807, 2.05) is 31.4 Å². The zero-order valence-corrected chi connectivity index (χ0v) is 17.4. The van der Waals surface area contributed by atoms with Crippen LogP contribution in [0.2, 0.25) is 0 Å². The van der Waals surface area contributed by atoms with Gasteiger partial charge in [0.25, 0.3) is 0 Å². The molecule has 156 valence electrons. The van der Waals surface area contributed by atoms with Crippen LogP contribution in [0, 0.1) is 0 Å². The summed E-state index contributed by atoms with van der Waals surface area (Å²) in [4.78, 5) is 19.9. The molecule has 1 aromatic carbocycles. The van der Waals surface area contributed by atoms with Crippen LogP contribution in [0.25, 0.3) is 11.3 Å². The van der Waals surface area contributed by atoms with Crippen molar-refractivity contribution in [1.29, 1.82) is 0 Å². The van der Waals surface area contributed by atoms with E-state index < -0.39 is 5.60 Å². The predicted molar refractivity (Wildman–Crippen MR) is 114 cm³/mol. The number of hydrogen-bond donors (Lipinski definition) is 3.